The highest BCUT2D eigenvalue weighted by molar-refractivity contribution is 7.89. The lowest BCUT2D eigenvalue weighted by Gasteiger charge is -2.18. The maximum atomic E-state index is 12.7. The van der Waals surface area contributed by atoms with Crippen LogP contribution in [-0.4, -0.2) is 53.4 Å². The average molecular weight is 445 g/mol. The number of aryl methyl sites for hydroxylation is 1. The van der Waals surface area contributed by atoms with Gasteiger partial charge in [-0.1, -0.05) is 44.2 Å². The first-order valence-electron chi connectivity index (χ1n) is 10.4. The Labute approximate surface area is 182 Å². The average Bonchev–Trinajstić information content (AvgIpc) is 3.17. The smallest absolute Gasteiger partial charge is 0.319 e. The topological polar surface area (TPSA) is 109 Å². The lowest BCUT2D eigenvalue weighted by molar-refractivity contribution is 0.251. The van der Waals surface area contributed by atoms with Crippen molar-refractivity contribution < 1.29 is 13.2 Å². The number of para-hydroxylation sites is 1. The van der Waals surface area contributed by atoms with Gasteiger partial charge in [-0.2, -0.15) is 4.31 Å². The Kier molecular flexibility index (Phi) is 7.24. The van der Waals surface area contributed by atoms with Crippen LogP contribution in [0.1, 0.15) is 26.3 Å². The number of sulfonamides is 1. The zero-order chi connectivity index (χ0) is 22.4. The zero-order valence-corrected chi connectivity index (χ0v) is 18.8. The Morgan fingerprint density at radius 2 is 1.84 bits per heavy atom. The number of aromatic nitrogens is 3. The number of nitrogens with zero attached hydrogens (tertiary/aromatic N) is 4. The number of rotatable bonds is 9. The van der Waals surface area contributed by atoms with Crippen LogP contribution in [0.4, 0.5) is 10.5 Å². The van der Waals surface area contributed by atoms with Crippen molar-refractivity contribution in [2.24, 2.45) is 0 Å². The van der Waals surface area contributed by atoms with E-state index in [1.165, 1.54) is 10.4 Å². The quantitative estimate of drug-likeness (QED) is 0.527. The van der Waals surface area contributed by atoms with E-state index in [4.69, 9.17) is 0 Å². The first-order chi connectivity index (χ1) is 14.9. The maximum Gasteiger partial charge on any atom is 0.319 e. The molecule has 0 saturated heterocycles. The van der Waals surface area contributed by atoms with E-state index in [2.05, 4.69) is 20.9 Å². The van der Waals surface area contributed by atoms with Crippen LogP contribution in [0.3, 0.4) is 0 Å². The van der Waals surface area contributed by atoms with Crippen molar-refractivity contribution in [2.45, 2.75) is 38.6 Å². The molecule has 0 aliphatic rings. The molecule has 0 fully saturated rings. The number of amides is 2. The molecule has 0 unspecified atom stereocenters. The summed E-state index contributed by atoms with van der Waals surface area (Å²) in [5, 5.41) is 13.9. The molecule has 0 aliphatic carbocycles. The van der Waals surface area contributed by atoms with Gasteiger partial charge in [0, 0.05) is 25.3 Å². The van der Waals surface area contributed by atoms with Gasteiger partial charge in [0.25, 0.3) is 0 Å². The van der Waals surface area contributed by atoms with Gasteiger partial charge in [0.05, 0.1) is 17.0 Å². The fraction of sp³-hybridized carbons (Fsp3) is 0.381. The molecule has 3 rings (SSSR count). The zero-order valence-electron chi connectivity index (χ0n) is 18.0. The van der Waals surface area contributed by atoms with Crippen LogP contribution in [0, 0.1) is 0 Å². The van der Waals surface area contributed by atoms with E-state index >= 15 is 0 Å². The molecule has 0 radical (unpaired) electrons. The van der Waals surface area contributed by atoms with Crippen LogP contribution < -0.4 is 10.6 Å². The lowest BCUT2D eigenvalue weighted by atomic mass is 10.1. The SMILES string of the molecule is CCc1ccccc1NC(=O)NCCn1nnc2cc(S(=O)(=O)N(CC)CC)ccc21. The molecule has 10 heteroatoms. The second-order valence-electron chi connectivity index (χ2n) is 6.94. The van der Waals surface area contributed by atoms with Crippen LogP contribution in [0.25, 0.3) is 11.0 Å². The summed E-state index contributed by atoms with van der Waals surface area (Å²) in [5.41, 5.74) is 3.05. The maximum absolute atomic E-state index is 12.7. The molecule has 9 nitrogen and oxygen atoms in total. The largest absolute Gasteiger partial charge is 0.336 e. The van der Waals surface area contributed by atoms with Gasteiger partial charge in [-0.3, -0.25) is 0 Å². The summed E-state index contributed by atoms with van der Waals surface area (Å²) in [7, 11) is -3.56. The van der Waals surface area contributed by atoms with Crippen LogP contribution >= 0.6 is 0 Å². The minimum Gasteiger partial charge on any atom is -0.336 e. The number of anilines is 1. The van der Waals surface area contributed by atoms with Crippen molar-refractivity contribution in [1.82, 2.24) is 24.6 Å². The minimum absolute atomic E-state index is 0.197. The summed E-state index contributed by atoms with van der Waals surface area (Å²) in [4.78, 5) is 12.4. The van der Waals surface area contributed by atoms with E-state index in [0.29, 0.717) is 37.2 Å². The lowest BCUT2D eigenvalue weighted by Crippen LogP contribution is -2.32. The third kappa shape index (κ3) is 5.02. The summed E-state index contributed by atoms with van der Waals surface area (Å²) in [5.74, 6) is 0. The van der Waals surface area contributed by atoms with Crippen molar-refractivity contribution in [3.05, 3.63) is 48.0 Å². The molecule has 1 heterocycles. The van der Waals surface area contributed by atoms with Gasteiger partial charge in [0.15, 0.2) is 0 Å². The van der Waals surface area contributed by atoms with Gasteiger partial charge in [0.2, 0.25) is 10.0 Å². The molecule has 166 valence electrons. The van der Waals surface area contributed by atoms with Crippen molar-refractivity contribution >= 4 is 32.8 Å². The van der Waals surface area contributed by atoms with Gasteiger partial charge in [-0.15, -0.1) is 5.10 Å². The second kappa shape index (κ2) is 9.88. The van der Waals surface area contributed by atoms with Crippen LogP contribution in [-0.2, 0) is 23.0 Å². The van der Waals surface area contributed by atoms with E-state index < -0.39 is 10.0 Å². The fourth-order valence-corrected chi connectivity index (χ4v) is 4.86. The number of fused-ring (bicyclic) bond motifs is 1. The predicted molar refractivity (Wildman–Crippen MR) is 120 cm³/mol. The molecule has 2 aromatic carbocycles. The highest BCUT2D eigenvalue weighted by Crippen LogP contribution is 2.20. The molecule has 0 spiro atoms. The van der Waals surface area contributed by atoms with Gasteiger partial charge < -0.3 is 10.6 Å². The highest BCUT2D eigenvalue weighted by atomic mass is 32.2. The fourth-order valence-electron chi connectivity index (χ4n) is 3.38. The number of hydrogen-bond acceptors (Lipinski definition) is 5. The first-order valence-corrected chi connectivity index (χ1v) is 11.8. The summed E-state index contributed by atoms with van der Waals surface area (Å²) in [6.07, 6.45) is 0.827. The molecule has 0 bridgehead atoms. The van der Waals surface area contributed by atoms with E-state index in [0.717, 1.165) is 17.7 Å². The van der Waals surface area contributed by atoms with Crippen LogP contribution in [0.5, 0.6) is 0 Å². The monoisotopic (exact) mass is 444 g/mol. The normalized spacial score (nSPS) is 11.7. The van der Waals surface area contributed by atoms with Crippen molar-refractivity contribution in [3.8, 4) is 0 Å². The first kappa shape index (κ1) is 22.7. The molecule has 0 saturated carbocycles. The minimum atomic E-state index is -3.56. The predicted octanol–water partition coefficient (Wildman–Crippen LogP) is 2.85. The van der Waals surface area contributed by atoms with E-state index in [9.17, 15) is 13.2 Å². The molecule has 3 aromatic rings. The molecule has 31 heavy (non-hydrogen) atoms. The Morgan fingerprint density at radius 1 is 1.10 bits per heavy atom. The van der Waals surface area contributed by atoms with E-state index in [-0.39, 0.29) is 10.9 Å². The number of carbonyl (C=O) groups is 1. The highest BCUT2D eigenvalue weighted by Gasteiger charge is 2.22. The van der Waals surface area contributed by atoms with Crippen molar-refractivity contribution in [3.63, 3.8) is 0 Å². The van der Waals surface area contributed by atoms with Crippen LogP contribution in [0.2, 0.25) is 0 Å². The summed E-state index contributed by atoms with van der Waals surface area (Å²) in [6, 6.07) is 12.2. The summed E-state index contributed by atoms with van der Waals surface area (Å²) >= 11 is 0. The molecular formula is C21H28N6O3S. The van der Waals surface area contributed by atoms with Gasteiger partial charge in [-0.05, 0) is 36.2 Å². The van der Waals surface area contributed by atoms with Gasteiger partial charge in [-0.25, -0.2) is 17.9 Å². The molecule has 1 aromatic heterocycles. The Balaban J connectivity index is 1.64. The number of urea groups is 1. The Hall–Kier alpha value is -2.98. The van der Waals surface area contributed by atoms with Gasteiger partial charge in [0.1, 0.15) is 5.52 Å². The molecule has 2 N–H and O–H groups in total. The third-order valence-electron chi connectivity index (χ3n) is 5.08. The Morgan fingerprint density at radius 3 is 2.55 bits per heavy atom. The molecule has 0 aliphatic heterocycles. The standard InChI is InChI=1S/C21H28N6O3S/c1-4-16-9-7-8-10-18(16)23-21(28)22-13-14-27-20-12-11-17(15-19(20)24-25-27)31(29,30)26(5-2)6-3/h7-12,15H,4-6,13-14H2,1-3H3,(H2,22,23,28). The number of nitrogens with one attached hydrogen (secondary N) is 2. The van der Waals surface area contributed by atoms with E-state index in [1.807, 2.05) is 31.2 Å². The molecule has 0 atom stereocenters. The second-order valence-corrected chi connectivity index (χ2v) is 8.88. The summed E-state index contributed by atoms with van der Waals surface area (Å²) in [6.45, 7) is 7.20. The van der Waals surface area contributed by atoms with Crippen molar-refractivity contribution in [2.75, 3.05) is 25.0 Å². The third-order valence-corrected chi connectivity index (χ3v) is 7.13. The number of hydrogen-bond donors (Lipinski definition) is 2. The molecular weight excluding hydrogens is 416 g/mol. The summed E-state index contributed by atoms with van der Waals surface area (Å²) < 4.78 is 28.5. The Bertz CT molecular complexity index is 1150. The van der Waals surface area contributed by atoms with Crippen molar-refractivity contribution in [1.29, 1.82) is 0 Å². The number of carbonyl (C=O) groups excluding carboxylic acids is 1. The van der Waals surface area contributed by atoms with Crippen LogP contribution in [0.15, 0.2) is 47.4 Å². The number of benzene rings is 2. The van der Waals surface area contributed by atoms with Gasteiger partial charge >= 0.3 is 6.03 Å². The van der Waals surface area contributed by atoms with E-state index in [1.54, 1.807) is 30.7 Å². The molecule has 2 amide bonds.